The Hall–Kier alpha value is -3.34. The fraction of sp³-hybridized carbons (Fsp3) is 0.364. The molecule has 4 rings (SSSR count). The Morgan fingerprint density at radius 3 is 2.70 bits per heavy atom. The molecule has 1 aromatic carbocycles. The second-order valence-electron chi connectivity index (χ2n) is 7.61. The van der Waals surface area contributed by atoms with E-state index >= 15 is 0 Å². The normalized spacial score (nSPS) is 14.3. The second kappa shape index (κ2) is 10.1. The van der Waals surface area contributed by atoms with Gasteiger partial charge in [-0.3, -0.25) is 14.2 Å². The van der Waals surface area contributed by atoms with E-state index in [1.165, 1.54) is 17.8 Å². The Labute approximate surface area is 194 Å². The Balaban J connectivity index is 1.37. The number of aromatic nitrogens is 4. The Morgan fingerprint density at radius 1 is 1.15 bits per heavy atom. The minimum atomic E-state index is -0.473. The first-order chi connectivity index (χ1) is 16.0. The van der Waals surface area contributed by atoms with Gasteiger partial charge in [-0.05, 0) is 25.5 Å². The molecule has 1 aliphatic heterocycles. The summed E-state index contributed by atoms with van der Waals surface area (Å²) in [7, 11) is 1.61. The fourth-order valence-corrected chi connectivity index (χ4v) is 4.63. The van der Waals surface area contributed by atoms with E-state index in [2.05, 4.69) is 15.2 Å². The number of methoxy groups -OCH3 is 1. The molecule has 1 aliphatic rings. The number of benzene rings is 1. The molecule has 2 amide bonds. The lowest BCUT2D eigenvalue weighted by atomic mass is 10.3. The zero-order valence-corrected chi connectivity index (χ0v) is 19.3. The van der Waals surface area contributed by atoms with E-state index in [1.54, 1.807) is 16.9 Å². The molecule has 0 unspecified atom stereocenters. The molecule has 11 heteroatoms. The largest absolute Gasteiger partial charge is 0.497 e. The maximum Gasteiger partial charge on any atom is 0.270 e. The molecule has 0 spiro atoms. The molecule has 2 aromatic heterocycles. The van der Waals surface area contributed by atoms with Gasteiger partial charge in [-0.15, -0.1) is 10.2 Å². The highest BCUT2D eigenvalue weighted by atomic mass is 32.2. The average molecular weight is 473 g/mol. The maximum absolute atomic E-state index is 13.2. The minimum absolute atomic E-state index is 0.0296. The van der Waals surface area contributed by atoms with E-state index in [0.29, 0.717) is 43.6 Å². The number of nitrogens with one attached hydrogen (secondary N) is 1. The number of hydrogen-bond acceptors (Lipinski definition) is 6. The van der Waals surface area contributed by atoms with Crippen LogP contribution in [0.25, 0.3) is 5.69 Å². The second-order valence-corrected chi connectivity index (χ2v) is 8.56. The third-order valence-electron chi connectivity index (χ3n) is 5.45. The Bertz CT molecular complexity index is 1150. The van der Waals surface area contributed by atoms with Gasteiger partial charge in [0.15, 0.2) is 5.16 Å². The van der Waals surface area contributed by atoms with Gasteiger partial charge in [0.25, 0.3) is 5.91 Å². The zero-order chi connectivity index (χ0) is 23.4. The first kappa shape index (κ1) is 22.8. The van der Waals surface area contributed by atoms with Crippen molar-refractivity contribution in [3.63, 3.8) is 0 Å². The predicted molar refractivity (Wildman–Crippen MR) is 121 cm³/mol. The predicted octanol–water partition coefficient (Wildman–Crippen LogP) is 2.52. The van der Waals surface area contributed by atoms with Crippen molar-refractivity contribution in [3.05, 3.63) is 53.9 Å². The third-order valence-corrected chi connectivity index (χ3v) is 6.36. The molecule has 0 bridgehead atoms. The molecule has 1 N–H and O–H groups in total. The standard InChI is InChI=1S/C22H25FN6O3S/c1-15-25-26-22(29(15)17-5-3-6-18(12-17)32-2)33-14-20(30)27-7-4-8-28(10-9-27)21(31)19-11-16(23)13-24-19/h3,5-6,11-13,24H,4,7-10,14H2,1-2H3. The maximum atomic E-state index is 13.2. The minimum Gasteiger partial charge on any atom is -0.497 e. The van der Waals surface area contributed by atoms with Crippen molar-refractivity contribution in [2.45, 2.75) is 18.5 Å². The van der Waals surface area contributed by atoms with E-state index in [4.69, 9.17) is 4.74 Å². The van der Waals surface area contributed by atoms with Crippen LogP contribution in [0.2, 0.25) is 0 Å². The number of ether oxygens (including phenoxy) is 1. The van der Waals surface area contributed by atoms with Gasteiger partial charge in [0.1, 0.15) is 23.1 Å². The highest BCUT2D eigenvalue weighted by Crippen LogP contribution is 2.24. The summed E-state index contributed by atoms with van der Waals surface area (Å²) in [5, 5.41) is 9.02. The molecule has 0 saturated carbocycles. The average Bonchev–Trinajstić information content (AvgIpc) is 3.33. The van der Waals surface area contributed by atoms with Crippen LogP contribution in [0, 0.1) is 12.7 Å². The van der Waals surface area contributed by atoms with Crippen LogP contribution in [-0.2, 0) is 4.79 Å². The first-order valence-electron chi connectivity index (χ1n) is 10.6. The molecule has 33 heavy (non-hydrogen) atoms. The number of rotatable bonds is 6. The van der Waals surface area contributed by atoms with Crippen molar-refractivity contribution in [2.24, 2.45) is 0 Å². The van der Waals surface area contributed by atoms with Crippen LogP contribution in [0.1, 0.15) is 22.7 Å². The summed E-state index contributed by atoms with van der Waals surface area (Å²) in [5.74, 6) is 0.875. The number of amides is 2. The summed E-state index contributed by atoms with van der Waals surface area (Å²) in [4.78, 5) is 31.5. The number of halogens is 1. The molecule has 0 radical (unpaired) electrons. The van der Waals surface area contributed by atoms with Crippen LogP contribution in [0.15, 0.2) is 41.7 Å². The number of thioether (sulfide) groups is 1. The molecule has 1 saturated heterocycles. The molecular weight excluding hydrogens is 447 g/mol. The number of aryl methyl sites for hydroxylation is 1. The smallest absolute Gasteiger partial charge is 0.270 e. The lowest BCUT2D eigenvalue weighted by Gasteiger charge is -2.21. The van der Waals surface area contributed by atoms with Crippen molar-refractivity contribution in [2.75, 3.05) is 39.0 Å². The number of carbonyl (C=O) groups is 2. The number of H-pyrrole nitrogens is 1. The summed E-state index contributed by atoms with van der Waals surface area (Å²) in [6.07, 6.45) is 1.81. The van der Waals surface area contributed by atoms with Crippen LogP contribution < -0.4 is 4.74 Å². The molecule has 3 heterocycles. The van der Waals surface area contributed by atoms with Gasteiger partial charge in [-0.1, -0.05) is 17.8 Å². The number of nitrogens with zero attached hydrogens (tertiary/aromatic N) is 5. The zero-order valence-electron chi connectivity index (χ0n) is 18.5. The molecular formula is C22H25FN6O3S. The summed E-state index contributed by atoms with van der Waals surface area (Å²) in [6, 6.07) is 8.76. The third kappa shape index (κ3) is 5.19. The quantitative estimate of drug-likeness (QED) is 0.554. The monoisotopic (exact) mass is 472 g/mol. The highest BCUT2D eigenvalue weighted by Gasteiger charge is 2.24. The summed E-state index contributed by atoms with van der Waals surface area (Å²) in [5.41, 5.74) is 1.08. The van der Waals surface area contributed by atoms with Crippen molar-refractivity contribution < 1.29 is 18.7 Å². The number of aromatic amines is 1. The van der Waals surface area contributed by atoms with Crippen molar-refractivity contribution >= 4 is 23.6 Å². The van der Waals surface area contributed by atoms with Gasteiger partial charge in [0.2, 0.25) is 5.91 Å². The van der Waals surface area contributed by atoms with E-state index in [-0.39, 0.29) is 23.3 Å². The van der Waals surface area contributed by atoms with Crippen molar-refractivity contribution in [1.29, 1.82) is 0 Å². The van der Waals surface area contributed by atoms with Crippen molar-refractivity contribution in [1.82, 2.24) is 29.5 Å². The van der Waals surface area contributed by atoms with Crippen molar-refractivity contribution in [3.8, 4) is 11.4 Å². The molecule has 0 aliphatic carbocycles. The van der Waals surface area contributed by atoms with Crippen LogP contribution in [0.5, 0.6) is 5.75 Å². The Morgan fingerprint density at radius 2 is 1.94 bits per heavy atom. The van der Waals surface area contributed by atoms with Gasteiger partial charge in [-0.25, -0.2) is 4.39 Å². The molecule has 9 nitrogen and oxygen atoms in total. The molecule has 3 aromatic rings. The van der Waals surface area contributed by atoms with Crippen LogP contribution in [0.3, 0.4) is 0 Å². The van der Waals surface area contributed by atoms with Gasteiger partial charge in [0, 0.05) is 44.5 Å². The number of hydrogen-bond donors (Lipinski definition) is 1. The summed E-state index contributed by atoms with van der Waals surface area (Å²) >= 11 is 1.32. The molecule has 1 fully saturated rings. The van der Waals surface area contributed by atoms with Crippen LogP contribution in [-0.4, -0.2) is 80.4 Å². The van der Waals surface area contributed by atoms with Crippen LogP contribution in [0.4, 0.5) is 4.39 Å². The van der Waals surface area contributed by atoms with Gasteiger partial charge < -0.3 is 19.5 Å². The first-order valence-corrected chi connectivity index (χ1v) is 11.5. The van der Waals surface area contributed by atoms with E-state index < -0.39 is 5.82 Å². The van der Waals surface area contributed by atoms with Gasteiger partial charge >= 0.3 is 0 Å². The van der Waals surface area contributed by atoms with E-state index in [0.717, 1.165) is 17.6 Å². The fourth-order valence-electron chi connectivity index (χ4n) is 3.73. The molecule has 174 valence electrons. The van der Waals surface area contributed by atoms with Gasteiger partial charge in [0.05, 0.1) is 18.6 Å². The van der Waals surface area contributed by atoms with Gasteiger partial charge in [-0.2, -0.15) is 0 Å². The Kier molecular flexibility index (Phi) is 6.97. The number of carbonyl (C=O) groups excluding carboxylic acids is 2. The summed E-state index contributed by atoms with van der Waals surface area (Å²) in [6.45, 7) is 3.75. The highest BCUT2D eigenvalue weighted by molar-refractivity contribution is 7.99. The SMILES string of the molecule is COc1cccc(-n2c(C)nnc2SCC(=O)N2CCCN(C(=O)c3cc(F)c[nH]3)CC2)c1. The lowest BCUT2D eigenvalue weighted by molar-refractivity contribution is -0.128. The lowest BCUT2D eigenvalue weighted by Crippen LogP contribution is -2.38. The van der Waals surface area contributed by atoms with E-state index in [1.807, 2.05) is 35.8 Å². The molecule has 0 atom stereocenters. The summed E-state index contributed by atoms with van der Waals surface area (Å²) < 4.78 is 20.4. The van der Waals surface area contributed by atoms with E-state index in [9.17, 15) is 14.0 Å². The van der Waals surface area contributed by atoms with Crippen LogP contribution >= 0.6 is 11.8 Å². The topological polar surface area (TPSA) is 96.3 Å².